The van der Waals surface area contributed by atoms with E-state index in [0.717, 1.165) is 25.7 Å². The Bertz CT molecular complexity index is 1240. The molecule has 2 aromatic heterocycles. The van der Waals surface area contributed by atoms with Gasteiger partial charge in [0, 0.05) is 49.4 Å². The quantitative estimate of drug-likeness (QED) is 0.674. The van der Waals surface area contributed by atoms with Crippen molar-refractivity contribution in [1.82, 2.24) is 19.2 Å². The Balaban J connectivity index is 1.40. The number of carbonyl (C=O) groups is 1. The smallest absolute Gasteiger partial charge is 0.259 e. The predicted molar refractivity (Wildman–Crippen MR) is 117 cm³/mol. The Labute approximate surface area is 183 Å². The van der Waals surface area contributed by atoms with Crippen molar-refractivity contribution < 1.29 is 9.18 Å². The lowest BCUT2D eigenvalue weighted by Gasteiger charge is -2.39. The molecule has 0 radical (unpaired) electrons. The van der Waals surface area contributed by atoms with Crippen molar-refractivity contribution in [2.24, 2.45) is 14.1 Å². The van der Waals surface area contributed by atoms with Gasteiger partial charge >= 0.3 is 0 Å². The third-order valence-corrected chi connectivity index (χ3v) is 7.08. The van der Waals surface area contributed by atoms with Crippen molar-refractivity contribution in [2.45, 2.75) is 43.8 Å². The summed E-state index contributed by atoms with van der Waals surface area (Å²) in [5.74, 6) is -0.423. The first-order valence-electron chi connectivity index (χ1n) is 10.4. The standard InChI is InChI=1S/C22H23ClFN5O2/c1-27-19-6-3-12(24)7-16(19)18(10-20(27)30)26-13-8-14-4-5-15(9-13)29(14)22(31)17-11-25-28(2)21(17)23/h3,6-7,10-11,13-15,26H,4-5,8-9H2,1-2H3/t13?,14-,15+. The SMILES string of the molecule is Cn1ncc(C(=O)N2[C@@H]3CC[C@H]2CC(Nc2cc(=O)n(C)c4ccc(F)cc24)C3)c1Cl. The zero-order valence-corrected chi connectivity index (χ0v) is 18.1. The predicted octanol–water partition coefficient (Wildman–Crippen LogP) is 3.31. The lowest BCUT2D eigenvalue weighted by Crippen LogP contribution is -2.49. The summed E-state index contributed by atoms with van der Waals surface area (Å²) in [5, 5.41) is 8.58. The van der Waals surface area contributed by atoms with Crippen LogP contribution < -0.4 is 10.9 Å². The molecule has 162 valence electrons. The molecular weight excluding hydrogens is 421 g/mol. The second-order valence-corrected chi connectivity index (χ2v) is 8.86. The monoisotopic (exact) mass is 443 g/mol. The molecule has 4 heterocycles. The van der Waals surface area contributed by atoms with Crippen molar-refractivity contribution in [3.05, 3.63) is 57.3 Å². The molecular formula is C22H23ClFN5O2. The zero-order chi connectivity index (χ0) is 21.9. The molecule has 1 amide bonds. The number of amides is 1. The Kier molecular flexibility index (Phi) is 4.77. The molecule has 0 spiro atoms. The third-order valence-electron chi connectivity index (χ3n) is 6.63. The highest BCUT2D eigenvalue weighted by Gasteiger charge is 2.44. The van der Waals surface area contributed by atoms with Gasteiger partial charge in [0.15, 0.2) is 0 Å². The van der Waals surface area contributed by atoms with Crippen molar-refractivity contribution in [3.63, 3.8) is 0 Å². The average Bonchev–Trinajstić information content (AvgIpc) is 3.21. The molecule has 2 aliphatic rings. The normalized spacial score (nSPS) is 22.8. The molecule has 31 heavy (non-hydrogen) atoms. The summed E-state index contributed by atoms with van der Waals surface area (Å²) in [5.41, 5.74) is 1.60. The second-order valence-electron chi connectivity index (χ2n) is 8.50. The van der Waals surface area contributed by atoms with Gasteiger partial charge in [-0.1, -0.05) is 11.6 Å². The Hall–Kier alpha value is -2.87. The van der Waals surface area contributed by atoms with Gasteiger partial charge < -0.3 is 14.8 Å². The van der Waals surface area contributed by atoms with E-state index in [2.05, 4.69) is 10.4 Å². The molecule has 9 heteroatoms. The molecule has 3 atom stereocenters. The lowest BCUT2D eigenvalue weighted by molar-refractivity contribution is 0.0583. The van der Waals surface area contributed by atoms with Gasteiger partial charge in [0.25, 0.3) is 11.5 Å². The van der Waals surface area contributed by atoms with E-state index < -0.39 is 0 Å². The number of fused-ring (bicyclic) bond motifs is 3. The fourth-order valence-electron chi connectivity index (χ4n) is 5.10. The first-order chi connectivity index (χ1) is 14.8. The van der Waals surface area contributed by atoms with Gasteiger partial charge in [0.1, 0.15) is 11.0 Å². The van der Waals surface area contributed by atoms with Crippen LogP contribution in [0.3, 0.4) is 0 Å². The molecule has 1 aromatic carbocycles. The fraction of sp³-hybridized carbons (Fsp3) is 0.409. The van der Waals surface area contributed by atoms with E-state index in [1.807, 2.05) is 4.90 Å². The van der Waals surface area contributed by atoms with Crippen LogP contribution in [0.1, 0.15) is 36.0 Å². The van der Waals surface area contributed by atoms with E-state index in [9.17, 15) is 14.0 Å². The van der Waals surface area contributed by atoms with E-state index in [-0.39, 0.29) is 35.4 Å². The number of anilines is 1. The van der Waals surface area contributed by atoms with Gasteiger partial charge in [-0.25, -0.2) is 4.39 Å². The fourth-order valence-corrected chi connectivity index (χ4v) is 5.28. The number of hydrogen-bond donors (Lipinski definition) is 1. The van der Waals surface area contributed by atoms with Crippen molar-refractivity contribution >= 4 is 34.1 Å². The second kappa shape index (κ2) is 7.37. The minimum Gasteiger partial charge on any atom is -0.381 e. The van der Waals surface area contributed by atoms with E-state index >= 15 is 0 Å². The topological polar surface area (TPSA) is 72.2 Å². The summed E-state index contributed by atoms with van der Waals surface area (Å²) in [4.78, 5) is 27.5. The van der Waals surface area contributed by atoms with E-state index in [0.29, 0.717) is 27.3 Å². The van der Waals surface area contributed by atoms with E-state index in [4.69, 9.17) is 11.6 Å². The van der Waals surface area contributed by atoms with Gasteiger partial charge in [0.05, 0.1) is 17.3 Å². The maximum Gasteiger partial charge on any atom is 0.259 e. The molecule has 5 rings (SSSR count). The summed E-state index contributed by atoms with van der Waals surface area (Å²) in [6.07, 6.45) is 4.89. The van der Waals surface area contributed by atoms with Crippen LogP contribution >= 0.6 is 11.6 Å². The summed E-state index contributed by atoms with van der Waals surface area (Å²) in [6.45, 7) is 0. The number of hydrogen-bond acceptors (Lipinski definition) is 4. The molecule has 2 saturated heterocycles. The number of rotatable bonds is 3. The van der Waals surface area contributed by atoms with Gasteiger partial charge in [-0.05, 0) is 43.9 Å². The van der Waals surface area contributed by atoms with Crippen molar-refractivity contribution in [1.29, 1.82) is 0 Å². The van der Waals surface area contributed by atoms with Crippen LogP contribution in [0, 0.1) is 5.82 Å². The van der Waals surface area contributed by atoms with Gasteiger partial charge in [0.2, 0.25) is 0 Å². The number of pyridine rings is 1. The largest absolute Gasteiger partial charge is 0.381 e. The first-order valence-corrected chi connectivity index (χ1v) is 10.8. The summed E-state index contributed by atoms with van der Waals surface area (Å²) >= 11 is 6.25. The van der Waals surface area contributed by atoms with Crippen LogP contribution in [-0.2, 0) is 14.1 Å². The molecule has 1 N–H and O–H groups in total. The maximum absolute atomic E-state index is 13.9. The number of carbonyl (C=O) groups excluding carboxylic acids is 1. The Morgan fingerprint density at radius 1 is 1.19 bits per heavy atom. The van der Waals surface area contributed by atoms with Crippen molar-refractivity contribution in [2.75, 3.05) is 5.32 Å². The average molecular weight is 444 g/mol. The maximum atomic E-state index is 13.9. The van der Waals surface area contributed by atoms with Crippen LogP contribution in [0.4, 0.5) is 10.1 Å². The van der Waals surface area contributed by atoms with Gasteiger partial charge in [-0.3, -0.25) is 14.3 Å². The first kappa shape index (κ1) is 20.1. The lowest BCUT2D eigenvalue weighted by atomic mass is 9.96. The molecule has 2 aliphatic heterocycles. The van der Waals surface area contributed by atoms with Crippen LogP contribution in [0.5, 0.6) is 0 Å². The molecule has 3 aromatic rings. The molecule has 2 bridgehead atoms. The van der Waals surface area contributed by atoms with Crippen molar-refractivity contribution in [3.8, 4) is 0 Å². The number of nitrogens with zero attached hydrogens (tertiary/aromatic N) is 4. The minimum atomic E-state index is -0.344. The Morgan fingerprint density at radius 3 is 2.55 bits per heavy atom. The highest BCUT2D eigenvalue weighted by Crippen LogP contribution is 2.39. The molecule has 0 aliphatic carbocycles. The summed E-state index contributed by atoms with van der Waals surface area (Å²) < 4.78 is 16.9. The number of halogens is 2. The van der Waals surface area contributed by atoms with Crippen LogP contribution in [0.25, 0.3) is 10.9 Å². The number of aromatic nitrogens is 3. The zero-order valence-electron chi connectivity index (χ0n) is 17.3. The highest BCUT2D eigenvalue weighted by molar-refractivity contribution is 6.32. The Morgan fingerprint density at radius 2 is 1.90 bits per heavy atom. The molecule has 7 nitrogen and oxygen atoms in total. The summed E-state index contributed by atoms with van der Waals surface area (Å²) in [6, 6.07) is 6.23. The molecule has 0 saturated carbocycles. The van der Waals surface area contributed by atoms with Crippen LogP contribution in [-0.4, -0.2) is 43.3 Å². The molecule has 1 unspecified atom stereocenters. The third kappa shape index (κ3) is 3.29. The molecule has 2 fully saturated rings. The number of aryl methyl sites for hydroxylation is 2. The minimum absolute atomic E-state index is 0.0786. The van der Waals surface area contributed by atoms with E-state index in [1.54, 1.807) is 20.2 Å². The van der Waals surface area contributed by atoms with E-state index in [1.165, 1.54) is 33.6 Å². The highest BCUT2D eigenvalue weighted by atomic mass is 35.5. The number of piperidine rings is 1. The van der Waals surface area contributed by atoms with Crippen LogP contribution in [0.15, 0.2) is 35.3 Å². The van der Waals surface area contributed by atoms with Crippen LogP contribution in [0.2, 0.25) is 5.15 Å². The van der Waals surface area contributed by atoms with Gasteiger partial charge in [-0.15, -0.1) is 0 Å². The number of benzene rings is 1. The van der Waals surface area contributed by atoms with Gasteiger partial charge in [-0.2, -0.15) is 5.10 Å². The number of nitrogens with one attached hydrogen (secondary N) is 1. The summed E-state index contributed by atoms with van der Waals surface area (Å²) in [7, 11) is 3.39.